The molecule has 1 unspecified atom stereocenters. The molecule has 0 aliphatic carbocycles. The second-order valence-corrected chi connectivity index (χ2v) is 7.39. The second kappa shape index (κ2) is 9.02. The quantitative estimate of drug-likeness (QED) is 0.717. The van der Waals surface area contributed by atoms with Crippen LogP contribution in [-0.4, -0.2) is 95.1 Å². The molecule has 0 spiro atoms. The lowest BCUT2D eigenvalue weighted by atomic mass is 10.2. The second-order valence-electron chi connectivity index (χ2n) is 7.39. The SMILES string of the molecule is COC1CN(CCCN2CCCC2=O)C(=O)CN(C(=O)c2cc(C(F)(F)F)[nH]n2)C1. The molecule has 12 heteroatoms. The van der Waals surface area contributed by atoms with Crippen molar-refractivity contribution >= 4 is 17.7 Å². The van der Waals surface area contributed by atoms with E-state index in [-0.39, 0.29) is 31.4 Å². The molecule has 1 N–H and O–H groups in total. The van der Waals surface area contributed by atoms with Crippen molar-refractivity contribution in [3.63, 3.8) is 0 Å². The number of alkyl halides is 3. The van der Waals surface area contributed by atoms with Crippen LogP contribution in [0, 0.1) is 0 Å². The normalized spacial score (nSPS) is 20.8. The molecule has 3 rings (SSSR count). The van der Waals surface area contributed by atoms with Crippen LogP contribution >= 0.6 is 0 Å². The molecule has 1 atom stereocenters. The van der Waals surface area contributed by atoms with Crippen LogP contribution < -0.4 is 0 Å². The average Bonchev–Trinajstić information content (AvgIpc) is 3.30. The number of aromatic nitrogens is 2. The van der Waals surface area contributed by atoms with Crippen LogP contribution in [0.5, 0.6) is 0 Å². The largest absolute Gasteiger partial charge is 0.432 e. The Morgan fingerprint density at radius 2 is 1.97 bits per heavy atom. The van der Waals surface area contributed by atoms with Gasteiger partial charge in [-0.2, -0.15) is 18.3 Å². The predicted octanol–water partition coefficient (Wildman–Crippen LogP) is 0.740. The number of hydrogen-bond acceptors (Lipinski definition) is 5. The predicted molar refractivity (Wildman–Crippen MR) is 97.3 cm³/mol. The summed E-state index contributed by atoms with van der Waals surface area (Å²) >= 11 is 0. The molecule has 0 aromatic carbocycles. The van der Waals surface area contributed by atoms with Gasteiger partial charge in [-0.25, -0.2) is 0 Å². The summed E-state index contributed by atoms with van der Waals surface area (Å²) in [4.78, 5) is 41.5. The van der Waals surface area contributed by atoms with E-state index < -0.39 is 29.6 Å². The Labute approximate surface area is 171 Å². The van der Waals surface area contributed by atoms with Gasteiger partial charge in [0.2, 0.25) is 11.8 Å². The van der Waals surface area contributed by atoms with Gasteiger partial charge >= 0.3 is 6.18 Å². The summed E-state index contributed by atoms with van der Waals surface area (Å²) in [6.07, 6.45) is -3.16. The number of carbonyl (C=O) groups is 3. The highest BCUT2D eigenvalue weighted by atomic mass is 19.4. The minimum absolute atomic E-state index is 0.0520. The lowest BCUT2D eigenvalue weighted by molar-refractivity contribution is -0.141. The summed E-state index contributed by atoms with van der Waals surface area (Å²) < 4.78 is 43.6. The number of methoxy groups -OCH3 is 1. The molecule has 2 aliphatic heterocycles. The van der Waals surface area contributed by atoms with Crippen molar-refractivity contribution < 1.29 is 32.3 Å². The van der Waals surface area contributed by atoms with E-state index in [4.69, 9.17) is 4.74 Å². The topological polar surface area (TPSA) is 98.8 Å². The maximum atomic E-state index is 12.8. The summed E-state index contributed by atoms with van der Waals surface area (Å²) in [6, 6.07) is 0.629. The Balaban J connectivity index is 1.63. The molecule has 166 valence electrons. The first-order valence-corrected chi connectivity index (χ1v) is 9.69. The van der Waals surface area contributed by atoms with Crippen LogP contribution in [-0.2, 0) is 20.5 Å². The number of rotatable bonds is 6. The maximum Gasteiger partial charge on any atom is 0.432 e. The van der Waals surface area contributed by atoms with E-state index in [1.165, 1.54) is 7.11 Å². The Morgan fingerprint density at radius 3 is 2.57 bits per heavy atom. The van der Waals surface area contributed by atoms with Crippen LogP contribution in [0.1, 0.15) is 35.4 Å². The zero-order valence-electron chi connectivity index (χ0n) is 16.6. The van der Waals surface area contributed by atoms with Crippen molar-refractivity contribution in [3.05, 3.63) is 17.5 Å². The fraction of sp³-hybridized carbons (Fsp3) is 0.667. The van der Waals surface area contributed by atoms with E-state index in [0.29, 0.717) is 32.0 Å². The minimum Gasteiger partial charge on any atom is -0.378 e. The van der Waals surface area contributed by atoms with Gasteiger partial charge in [0.05, 0.1) is 6.10 Å². The smallest absolute Gasteiger partial charge is 0.378 e. The van der Waals surface area contributed by atoms with Gasteiger partial charge in [0.15, 0.2) is 5.69 Å². The van der Waals surface area contributed by atoms with E-state index in [9.17, 15) is 27.6 Å². The fourth-order valence-corrected chi connectivity index (χ4v) is 3.63. The lowest BCUT2D eigenvalue weighted by Crippen LogP contribution is -2.40. The third-order valence-corrected chi connectivity index (χ3v) is 5.28. The van der Waals surface area contributed by atoms with Gasteiger partial charge in [-0.3, -0.25) is 19.5 Å². The summed E-state index contributed by atoms with van der Waals surface area (Å²) in [5.41, 5.74) is -1.54. The molecular formula is C18H24F3N5O4. The first-order chi connectivity index (χ1) is 14.2. The Hall–Kier alpha value is -2.63. The minimum atomic E-state index is -4.65. The highest BCUT2D eigenvalue weighted by Crippen LogP contribution is 2.28. The van der Waals surface area contributed by atoms with Gasteiger partial charge < -0.3 is 19.4 Å². The monoisotopic (exact) mass is 431 g/mol. The standard InChI is InChI=1S/C18H24F3N5O4/c1-30-12-9-25(7-3-6-24-5-2-4-15(24)27)16(28)11-26(10-12)17(29)13-8-14(23-22-13)18(19,20)21/h8,12H,2-7,9-11H2,1H3,(H,22,23). The zero-order chi connectivity index (χ0) is 21.9. The Morgan fingerprint density at radius 1 is 1.23 bits per heavy atom. The van der Waals surface area contributed by atoms with Crippen molar-refractivity contribution in [1.82, 2.24) is 24.9 Å². The molecule has 1 aromatic rings. The van der Waals surface area contributed by atoms with E-state index in [0.717, 1.165) is 17.9 Å². The Bertz CT molecular complexity index is 797. The number of carbonyl (C=O) groups excluding carboxylic acids is 3. The maximum absolute atomic E-state index is 12.8. The summed E-state index contributed by atoms with van der Waals surface area (Å²) in [5, 5.41) is 5.25. The molecule has 0 saturated carbocycles. The molecule has 0 bridgehead atoms. The molecule has 2 fully saturated rings. The molecule has 2 aliphatic rings. The molecule has 3 amide bonds. The molecule has 1 aromatic heterocycles. The van der Waals surface area contributed by atoms with E-state index in [2.05, 4.69) is 5.10 Å². The lowest BCUT2D eigenvalue weighted by Gasteiger charge is -2.24. The molecule has 9 nitrogen and oxygen atoms in total. The van der Waals surface area contributed by atoms with E-state index >= 15 is 0 Å². The Kier molecular flexibility index (Phi) is 6.64. The van der Waals surface area contributed by atoms with Gasteiger partial charge in [0, 0.05) is 52.3 Å². The van der Waals surface area contributed by atoms with Crippen molar-refractivity contribution in [2.45, 2.75) is 31.5 Å². The van der Waals surface area contributed by atoms with Crippen molar-refractivity contribution in [2.75, 3.05) is 46.4 Å². The van der Waals surface area contributed by atoms with Crippen molar-refractivity contribution in [2.24, 2.45) is 0 Å². The number of nitrogens with zero attached hydrogens (tertiary/aromatic N) is 4. The van der Waals surface area contributed by atoms with Gasteiger partial charge in [0.25, 0.3) is 5.91 Å². The van der Waals surface area contributed by atoms with Gasteiger partial charge in [-0.05, 0) is 12.8 Å². The van der Waals surface area contributed by atoms with Crippen LogP contribution in [0.25, 0.3) is 0 Å². The van der Waals surface area contributed by atoms with Gasteiger partial charge in [0.1, 0.15) is 12.2 Å². The number of aromatic amines is 1. The number of nitrogens with one attached hydrogen (secondary N) is 1. The van der Waals surface area contributed by atoms with Crippen molar-refractivity contribution in [3.8, 4) is 0 Å². The zero-order valence-corrected chi connectivity index (χ0v) is 16.6. The molecule has 0 radical (unpaired) electrons. The summed E-state index contributed by atoms with van der Waals surface area (Å²) in [5.74, 6) is -0.996. The third kappa shape index (κ3) is 5.10. The molecular weight excluding hydrogens is 407 g/mol. The fourth-order valence-electron chi connectivity index (χ4n) is 3.63. The van der Waals surface area contributed by atoms with E-state index in [1.807, 2.05) is 0 Å². The highest BCUT2D eigenvalue weighted by Gasteiger charge is 2.36. The highest BCUT2D eigenvalue weighted by molar-refractivity contribution is 5.95. The summed E-state index contributed by atoms with van der Waals surface area (Å²) in [6.45, 7) is 1.69. The van der Waals surface area contributed by atoms with Gasteiger partial charge in [-0.15, -0.1) is 0 Å². The first-order valence-electron chi connectivity index (χ1n) is 9.69. The number of amides is 3. The summed E-state index contributed by atoms with van der Waals surface area (Å²) in [7, 11) is 1.44. The van der Waals surface area contributed by atoms with E-state index in [1.54, 1.807) is 14.9 Å². The number of H-pyrrole nitrogens is 1. The first kappa shape index (κ1) is 22.1. The van der Waals surface area contributed by atoms with Crippen LogP contribution in [0.4, 0.5) is 13.2 Å². The number of likely N-dealkylation sites (tertiary alicyclic amines) is 1. The van der Waals surface area contributed by atoms with Gasteiger partial charge in [-0.1, -0.05) is 0 Å². The van der Waals surface area contributed by atoms with Crippen LogP contribution in [0.15, 0.2) is 6.07 Å². The van der Waals surface area contributed by atoms with Crippen LogP contribution in [0.3, 0.4) is 0 Å². The molecule has 30 heavy (non-hydrogen) atoms. The number of ether oxygens (including phenoxy) is 1. The third-order valence-electron chi connectivity index (χ3n) is 5.28. The van der Waals surface area contributed by atoms with Crippen molar-refractivity contribution in [1.29, 1.82) is 0 Å². The number of hydrogen-bond donors (Lipinski definition) is 1. The van der Waals surface area contributed by atoms with Crippen LogP contribution in [0.2, 0.25) is 0 Å². The molecule has 3 heterocycles. The average molecular weight is 431 g/mol. The molecule has 2 saturated heterocycles. The number of halogens is 3.